The molecule has 0 aliphatic carbocycles. The van der Waals surface area contributed by atoms with E-state index in [9.17, 15) is 19.1 Å². The summed E-state index contributed by atoms with van der Waals surface area (Å²) < 4.78 is 13.1. The molecule has 1 saturated heterocycles. The third kappa shape index (κ3) is 5.36. The molecular weight excluding hydrogens is 385 g/mol. The van der Waals surface area contributed by atoms with Gasteiger partial charge in [0.05, 0.1) is 17.8 Å². The number of phenols is 1. The molecule has 2 amide bonds. The van der Waals surface area contributed by atoms with Gasteiger partial charge in [-0.3, -0.25) is 14.5 Å². The Bertz CT molecular complexity index is 880. The van der Waals surface area contributed by atoms with E-state index < -0.39 is 0 Å². The Labute approximate surface area is 176 Å². The largest absolute Gasteiger partial charge is 0.506 e. The van der Waals surface area contributed by atoms with E-state index in [4.69, 9.17) is 0 Å². The number of carbonyl (C=O) groups excluding carboxylic acids is 2. The number of hydrogen-bond donors (Lipinski definition) is 3. The van der Waals surface area contributed by atoms with Crippen LogP contribution in [0.1, 0.15) is 38.3 Å². The number of aromatic hydroxyl groups is 1. The van der Waals surface area contributed by atoms with Crippen molar-refractivity contribution in [1.29, 1.82) is 0 Å². The summed E-state index contributed by atoms with van der Waals surface area (Å²) in [5.41, 5.74) is 1.25. The van der Waals surface area contributed by atoms with E-state index in [1.807, 2.05) is 13.8 Å². The highest BCUT2D eigenvalue weighted by Crippen LogP contribution is 2.25. The molecule has 3 N–H and O–H groups in total. The second kappa shape index (κ2) is 9.71. The Balaban J connectivity index is 1.49. The molecule has 0 unspecified atom stereocenters. The van der Waals surface area contributed by atoms with Gasteiger partial charge in [0.1, 0.15) is 11.6 Å². The third-order valence-electron chi connectivity index (χ3n) is 5.72. The lowest BCUT2D eigenvalue weighted by Gasteiger charge is -2.35. The quantitative estimate of drug-likeness (QED) is 0.634. The third-order valence-corrected chi connectivity index (χ3v) is 5.72. The summed E-state index contributed by atoms with van der Waals surface area (Å²) in [5.74, 6) is -0.625. The van der Waals surface area contributed by atoms with Gasteiger partial charge in [0, 0.05) is 5.92 Å². The Morgan fingerprint density at radius 2 is 1.70 bits per heavy atom. The van der Waals surface area contributed by atoms with Crippen LogP contribution in [0, 0.1) is 11.7 Å². The van der Waals surface area contributed by atoms with Gasteiger partial charge >= 0.3 is 0 Å². The van der Waals surface area contributed by atoms with Crippen molar-refractivity contribution in [3.05, 3.63) is 59.9 Å². The summed E-state index contributed by atoms with van der Waals surface area (Å²) in [6.45, 7) is 5.00. The molecule has 7 heteroatoms. The highest BCUT2D eigenvalue weighted by atomic mass is 19.1. The van der Waals surface area contributed by atoms with Crippen LogP contribution in [0.15, 0.2) is 48.5 Å². The minimum absolute atomic E-state index is 0.0452. The Kier molecular flexibility index (Phi) is 7.05. The standard InChI is InChI=1S/C23H28FN3O3/c1-15(17-7-9-19(24)10-8-17)25-22(29)16(2)27-13-11-18(12-14-27)23(30)26-20-5-3-4-6-21(20)28/h3-10,15-16,18,28H,11-14H2,1-2H3,(H,25,29)(H,26,30)/t15-,16-/m0/s1. The van der Waals surface area contributed by atoms with Crippen LogP contribution in [0.4, 0.5) is 10.1 Å². The van der Waals surface area contributed by atoms with Crippen LogP contribution in [0.2, 0.25) is 0 Å². The molecule has 160 valence electrons. The van der Waals surface area contributed by atoms with Gasteiger partial charge in [-0.2, -0.15) is 0 Å². The highest BCUT2D eigenvalue weighted by molar-refractivity contribution is 5.94. The van der Waals surface area contributed by atoms with Gasteiger partial charge in [0.2, 0.25) is 11.8 Å². The number of likely N-dealkylation sites (tertiary alicyclic amines) is 1. The summed E-state index contributed by atoms with van der Waals surface area (Å²) in [7, 11) is 0. The number of nitrogens with zero attached hydrogens (tertiary/aromatic N) is 1. The zero-order valence-electron chi connectivity index (χ0n) is 17.3. The summed E-state index contributed by atoms with van der Waals surface area (Å²) >= 11 is 0. The minimum atomic E-state index is -0.324. The monoisotopic (exact) mass is 413 g/mol. The lowest BCUT2D eigenvalue weighted by molar-refractivity contribution is -0.127. The fourth-order valence-electron chi connectivity index (χ4n) is 3.70. The van der Waals surface area contributed by atoms with Crippen LogP contribution in [0.5, 0.6) is 5.75 Å². The fourth-order valence-corrected chi connectivity index (χ4v) is 3.70. The second-order valence-corrected chi connectivity index (χ2v) is 7.77. The van der Waals surface area contributed by atoms with Gasteiger partial charge in [0.25, 0.3) is 0 Å². The first kappa shape index (κ1) is 21.8. The summed E-state index contributed by atoms with van der Waals surface area (Å²) in [4.78, 5) is 27.2. The number of amides is 2. The van der Waals surface area contributed by atoms with Crippen molar-refractivity contribution in [1.82, 2.24) is 10.2 Å². The maximum Gasteiger partial charge on any atom is 0.237 e. The van der Waals surface area contributed by atoms with Crippen LogP contribution < -0.4 is 10.6 Å². The normalized spacial score (nSPS) is 17.2. The van der Waals surface area contributed by atoms with Crippen LogP contribution >= 0.6 is 0 Å². The number of anilines is 1. The number of phenolic OH excluding ortho intramolecular Hbond substituents is 1. The molecule has 1 fully saturated rings. The molecule has 0 saturated carbocycles. The van der Waals surface area contributed by atoms with Gasteiger partial charge < -0.3 is 15.7 Å². The molecular formula is C23H28FN3O3. The Hall–Kier alpha value is -2.93. The number of rotatable bonds is 6. The lowest BCUT2D eigenvalue weighted by Crippen LogP contribution is -2.49. The number of hydrogen-bond acceptors (Lipinski definition) is 4. The van der Waals surface area contributed by atoms with E-state index in [1.165, 1.54) is 18.2 Å². The van der Waals surface area contributed by atoms with Crippen LogP contribution in [0.25, 0.3) is 0 Å². The number of carbonyl (C=O) groups is 2. The van der Waals surface area contributed by atoms with Gasteiger partial charge in [-0.15, -0.1) is 0 Å². The average Bonchev–Trinajstić information content (AvgIpc) is 2.75. The van der Waals surface area contributed by atoms with Crippen molar-refractivity contribution in [2.24, 2.45) is 5.92 Å². The van der Waals surface area contributed by atoms with Gasteiger partial charge in [-0.25, -0.2) is 4.39 Å². The molecule has 2 atom stereocenters. The number of para-hydroxylation sites is 2. The summed E-state index contributed by atoms with van der Waals surface area (Å²) in [6.07, 6.45) is 1.29. The van der Waals surface area contributed by atoms with E-state index in [0.29, 0.717) is 31.6 Å². The first-order valence-corrected chi connectivity index (χ1v) is 10.2. The minimum Gasteiger partial charge on any atom is -0.506 e. The summed E-state index contributed by atoms with van der Waals surface area (Å²) in [6, 6.07) is 12.2. The topological polar surface area (TPSA) is 81.7 Å². The van der Waals surface area contributed by atoms with Crippen molar-refractivity contribution in [2.75, 3.05) is 18.4 Å². The van der Waals surface area contributed by atoms with Crippen LogP contribution in [0.3, 0.4) is 0 Å². The molecule has 0 spiro atoms. The molecule has 0 radical (unpaired) electrons. The van der Waals surface area contributed by atoms with Crippen molar-refractivity contribution >= 4 is 17.5 Å². The molecule has 2 aromatic rings. The van der Waals surface area contributed by atoms with Gasteiger partial charge in [-0.05, 0) is 69.6 Å². The van der Waals surface area contributed by atoms with Crippen LogP contribution in [-0.2, 0) is 9.59 Å². The highest BCUT2D eigenvalue weighted by Gasteiger charge is 2.30. The number of piperidine rings is 1. The van der Waals surface area contributed by atoms with E-state index in [2.05, 4.69) is 15.5 Å². The molecule has 30 heavy (non-hydrogen) atoms. The molecule has 3 rings (SSSR count). The van der Waals surface area contributed by atoms with E-state index in [0.717, 1.165) is 5.56 Å². The van der Waals surface area contributed by atoms with Crippen molar-refractivity contribution in [3.8, 4) is 5.75 Å². The maximum atomic E-state index is 13.1. The first-order valence-electron chi connectivity index (χ1n) is 10.2. The Morgan fingerprint density at radius 3 is 2.33 bits per heavy atom. The van der Waals surface area contributed by atoms with Crippen LogP contribution in [-0.4, -0.2) is 41.0 Å². The predicted molar refractivity (Wildman–Crippen MR) is 113 cm³/mol. The molecule has 2 aromatic carbocycles. The number of halogens is 1. The molecule has 1 aliphatic rings. The Morgan fingerprint density at radius 1 is 1.07 bits per heavy atom. The zero-order valence-corrected chi connectivity index (χ0v) is 17.3. The molecule has 0 bridgehead atoms. The number of benzene rings is 2. The summed E-state index contributed by atoms with van der Waals surface area (Å²) in [5, 5.41) is 15.6. The molecule has 0 aromatic heterocycles. The molecule has 6 nitrogen and oxygen atoms in total. The SMILES string of the molecule is C[C@H](NC(=O)[C@H](C)N1CCC(C(=O)Nc2ccccc2O)CC1)c1ccc(F)cc1. The van der Waals surface area contributed by atoms with E-state index >= 15 is 0 Å². The van der Waals surface area contributed by atoms with Gasteiger partial charge in [-0.1, -0.05) is 24.3 Å². The molecule has 1 heterocycles. The van der Waals surface area contributed by atoms with Gasteiger partial charge in [0.15, 0.2) is 0 Å². The first-order chi connectivity index (χ1) is 14.3. The number of nitrogens with one attached hydrogen (secondary N) is 2. The van der Waals surface area contributed by atoms with Crippen molar-refractivity contribution < 1.29 is 19.1 Å². The second-order valence-electron chi connectivity index (χ2n) is 7.77. The molecule has 1 aliphatic heterocycles. The predicted octanol–water partition coefficient (Wildman–Crippen LogP) is 3.45. The van der Waals surface area contributed by atoms with Crippen molar-refractivity contribution in [3.63, 3.8) is 0 Å². The smallest absolute Gasteiger partial charge is 0.237 e. The van der Waals surface area contributed by atoms with E-state index in [1.54, 1.807) is 30.3 Å². The fraction of sp³-hybridized carbons (Fsp3) is 0.391. The maximum absolute atomic E-state index is 13.1. The zero-order chi connectivity index (χ0) is 21.7. The van der Waals surface area contributed by atoms with Crippen molar-refractivity contribution in [2.45, 2.75) is 38.8 Å². The lowest BCUT2D eigenvalue weighted by atomic mass is 9.94. The average molecular weight is 413 g/mol. The van der Waals surface area contributed by atoms with E-state index in [-0.39, 0.29) is 41.4 Å².